The fourth-order valence-electron chi connectivity index (χ4n) is 1.50. The van der Waals surface area contributed by atoms with Crippen molar-refractivity contribution in [2.75, 3.05) is 11.1 Å². The first-order valence-electron chi connectivity index (χ1n) is 5.36. The highest BCUT2D eigenvalue weighted by Crippen LogP contribution is 2.12. The van der Waals surface area contributed by atoms with Crippen molar-refractivity contribution in [3.05, 3.63) is 59.7 Å². The van der Waals surface area contributed by atoms with Crippen LogP contribution in [0.1, 0.15) is 15.9 Å². The van der Waals surface area contributed by atoms with Crippen LogP contribution in [0.2, 0.25) is 0 Å². The third-order valence-electron chi connectivity index (χ3n) is 2.42. The van der Waals surface area contributed by atoms with Gasteiger partial charge in [0.1, 0.15) is 0 Å². The number of hydrogen-bond donors (Lipinski definition) is 2. The number of anilines is 2. The maximum absolute atomic E-state index is 11.9. The van der Waals surface area contributed by atoms with Crippen LogP contribution in [-0.2, 0) is 0 Å². The number of hydrogen-bond acceptors (Lipinski definition) is 3. The first-order chi connectivity index (χ1) is 8.69. The summed E-state index contributed by atoms with van der Waals surface area (Å²) < 4.78 is 0. The number of amides is 1. The van der Waals surface area contributed by atoms with Gasteiger partial charge < -0.3 is 11.1 Å². The average molecular weight is 237 g/mol. The summed E-state index contributed by atoms with van der Waals surface area (Å²) in [5.41, 5.74) is 7.78. The summed E-state index contributed by atoms with van der Waals surface area (Å²) >= 11 is 0. The molecule has 3 N–H and O–H groups in total. The number of rotatable bonds is 2. The zero-order chi connectivity index (χ0) is 13.0. The molecule has 0 atom stereocenters. The molecular formula is C14H11N3O. The molecule has 0 saturated heterocycles. The Morgan fingerprint density at radius 3 is 2.56 bits per heavy atom. The molecule has 0 saturated carbocycles. The minimum absolute atomic E-state index is 0.231. The summed E-state index contributed by atoms with van der Waals surface area (Å²) in [5, 5.41) is 11.5. The molecule has 0 heterocycles. The molecule has 1 amide bonds. The van der Waals surface area contributed by atoms with Crippen LogP contribution >= 0.6 is 0 Å². The monoisotopic (exact) mass is 237 g/mol. The molecule has 0 unspecified atom stereocenters. The largest absolute Gasteiger partial charge is 0.399 e. The van der Waals surface area contributed by atoms with Crippen molar-refractivity contribution in [1.29, 1.82) is 5.26 Å². The number of carbonyl (C=O) groups is 1. The third-order valence-corrected chi connectivity index (χ3v) is 2.42. The molecule has 2 aromatic rings. The SMILES string of the molecule is N#Cc1cccc(NC(=O)c2ccc(N)cc2)c1. The van der Waals surface area contributed by atoms with Crippen molar-refractivity contribution in [3.63, 3.8) is 0 Å². The van der Waals surface area contributed by atoms with Gasteiger partial charge in [0, 0.05) is 16.9 Å². The maximum atomic E-state index is 11.9. The smallest absolute Gasteiger partial charge is 0.255 e. The highest BCUT2D eigenvalue weighted by Gasteiger charge is 2.05. The highest BCUT2D eigenvalue weighted by molar-refractivity contribution is 6.04. The Kier molecular flexibility index (Phi) is 3.26. The molecule has 0 aliphatic carbocycles. The molecule has 0 radical (unpaired) electrons. The van der Waals surface area contributed by atoms with Gasteiger partial charge >= 0.3 is 0 Å². The van der Waals surface area contributed by atoms with Gasteiger partial charge in [0.2, 0.25) is 0 Å². The fourth-order valence-corrected chi connectivity index (χ4v) is 1.50. The zero-order valence-corrected chi connectivity index (χ0v) is 9.55. The Labute approximate surface area is 105 Å². The van der Waals surface area contributed by atoms with Gasteiger partial charge in [-0.25, -0.2) is 0 Å². The van der Waals surface area contributed by atoms with Crippen molar-refractivity contribution in [2.24, 2.45) is 0 Å². The highest BCUT2D eigenvalue weighted by atomic mass is 16.1. The van der Waals surface area contributed by atoms with Gasteiger partial charge in [0.05, 0.1) is 11.6 Å². The summed E-state index contributed by atoms with van der Waals surface area (Å²) in [7, 11) is 0. The van der Waals surface area contributed by atoms with E-state index in [-0.39, 0.29) is 5.91 Å². The summed E-state index contributed by atoms with van der Waals surface area (Å²) in [6.07, 6.45) is 0. The van der Waals surface area contributed by atoms with Gasteiger partial charge in [-0.3, -0.25) is 4.79 Å². The molecule has 4 nitrogen and oxygen atoms in total. The van der Waals surface area contributed by atoms with Crippen LogP contribution in [0.25, 0.3) is 0 Å². The van der Waals surface area contributed by atoms with E-state index in [1.165, 1.54) is 0 Å². The van der Waals surface area contributed by atoms with Crippen molar-refractivity contribution < 1.29 is 4.79 Å². The number of nitriles is 1. The Balaban J connectivity index is 2.16. The molecule has 0 bridgehead atoms. The van der Waals surface area contributed by atoms with Gasteiger partial charge in [0.25, 0.3) is 5.91 Å². The Morgan fingerprint density at radius 1 is 1.17 bits per heavy atom. The number of nitrogen functional groups attached to an aromatic ring is 1. The quantitative estimate of drug-likeness (QED) is 0.787. The topological polar surface area (TPSA) is 78.9 Å². The first kappa shape index (κ1) is 11.7. The van der Waals surface area contributed by atoms with E-state index in [1.54, 1.807) is 48.5 Å². The Bertz CT molecular complexity index is 612. The van der Waals surface area contributed by atoms with Gasteiger partial charge in [-0.1, -0.05) is 6.07 Å². The van der Waals surface area contributed by atoms with Crippen LogP contribution in [0.3, 0.4) is 0 Å². The maximum Gasteiger partial charge on any atom is 0.255 e. The van der Waals surface area contributed by atoms with Crippen molar-refractivity contribution >= 4 is 17.3 Å². The Morgan fingerprint density at radius 2 is 1.89 bits per heavy atom. The molecule has 0 spiro atoms. The molecule has 0 aliphatic heterocycles. The zero-order valence-electron chi connectivity index (χ0n) is 9.55. The molecule has 0 fully saturated rings. The van der Waals surface area contributed by atoms with Crippen molar-refractivity contribution in [2.45, 2.75) is 0 Å². The van der Waals surface area contributed by atoms with Crippen LogP contribution in [0.5, 0.6) is 0 Å². The minimum Gasteiger partial charge on any atom is -0.399 e. The summed E-state index contributed by atoms with van der Waals surface area (Å²) in [4.78, 5) is 11.9. The molecule has 4 heteroatoms. The van der Waals surface area contributed by atoms with Crippen LogP contribution in [0.15, 0.2) is 48.5 Å². The second kappa shape index (κ2) is 5.02. The Hall–Kier alpha value is -2.80. The fraction of sp³-hybridized carbons (Fsp3) is 0. The average Bonchev–Trinajstić information content (AvgIpc) is 2.39. The van der Waals surface area contributed by atoms with Gasteiger partial charge in [-0.2, -0.15) is 5.26 Å². The van der Waals surface area contributed by atoms with E-state index in [2.05, 4.69) is 5.32 Å². The molecule has 18 heavy (non-hydrogen) atoms. The molecule has 0 aromatic heterocycles. The number of carbonyl (C=O) groups excluding carboxylic acids is 1. The van der Waals surface area contributed by atoms with Gasteiger partial charge in [0.15, 0.2) is 0 Å². The van der Waals surface area contributed by atoms with E-state index in [0.717, 1.165) is 0 Å². The van der Waals surface area contributed by atoms with E-state index < -0.39 is 0 Å². The number of benzene rings is 2. The summed E-state index contributed by atoms with van der Waals surface area (Å²) in [6, 6.07) is 15.4. The van der Waals surface area contributed by atoms with Crippen LogP contribution in [-0.4, -0.2) is 5.91 Å². The van der Waals surface area contributed by atoms with Crippen LogP contribution < -0.4 is 11.1 Å². The molecular weight excluding hydrogens is 226 g/mol. The predicted molar refractivity (Wildman–Crippen MR) is 70.0 cm³/mol. The van der Waals surface area contributed by atoms with Crippen LogP contribution in [0.4, 0.5) is 11.4 Å². The summed E-state index contributed by atoms with van der Waals surface area (Å²) in [6.45, 7) is 0. The normalized spacial score (nSPS) is 9.50. The lowest BCUT2D eigenvalue weighted by molar-refractivity contribution is 0.102. The van der Waals surface area contributed by atoms with E-state index in [9.17, 15) is 4.79 Å². The summed E-state index contributed by atoms with van der Waals surface area (Å²) in [5.74, 6) is -0.231. The predicted octanol–water partition coefficient (Wildman–Crippen LogP) is 2.39. The second-order valence-electron chi connectivity index (χ2n) is 3.77. The third kappa shape index (κ3) is 2.66. The molecule has 0 aliphatic rings. The molecule has 2 aromatic carbocycles. The number of nitrogens with two attached hydrogens (primary N) is 1. The van der Waals surface area contributed by atoms with E-state index in [1.807, 2.05) is 6.07 Å². The van der Waals surface area contributed by atoms with Crippen LogP contribution in [0, 0.1) is 11.3 Å². The van der Waals surface area contributed by atoms with Crippen molar-refractivity contribution in [3.8, 4) is 6.07 Å². The second-order valence-corrected chi connectivity index (χ2v) is 3.77. The lowest BCUT2D eigenvalue weighted by Crippen LogP contribution is -2.11. The number of nitrogens with one attached hydrogen (secondary N) is 1. The minimum atomic E-state index is -0.231. The lowest BCUT2D eigenvalue weighted by Gasteiger charge is -2.05. The lowest BCUT2D eigenvalue weighted by atomic mass is 10.1. The van der Waals surface area contributed by atoms with Crippen molar-refractivity contribution in [1.82, 2.24) is 0 Å². The standard InChI is InChI=1S/C14H11N3O/c15-9-10-2-1-3-13(8-10)17-14(18)11-4-6-12(16)7-5-11/h1-8H,16H2,(H,17,18). The van der Waals surface area contributed by atoms with E-state index in [0.29, 0.717) is 22.5 Å². The van der Waals surface area contributed by atoms with Gasteiger partial charge in [-0.15, -0.1) is 0 Å². The number of nitrogens with zero attached hydrogens (tertiary/aromatic N) is 1. The van der Waals surface area contributed by atoms with E-state index >= 15 is 0 Å². The van der Waals surface area contributed by atoms with E-state index in [4.69, 9.17) is 11.0 Å². The first-order valence-corrected chi connectivity index (χ1v) is 5.36. The molecule has 88 valence electrons. The van der Waals surface area contributed by atoms with Gasteiger partial charge in [-0.05, 0) is 42.5 Å². The molecule has 2 rings (SSSR count).